The van der Waals surface area contributed by atoms with Gasteiger partial charge in [0.25, 0.3) is 5.91 Å². The highest BCUT2D eigenvalue weighted by Gasteiger charge is 2.38. The number of amides is 1. The van der Waals surface area contributed by atoms with Gasteiger partial charge in [0, 0.05) is 42.3 Å². The molecule has 0 unspecified atom stereocenters. The van der Waals surface area contributed by atoms with E-state index >= 15 is 0 Å². The van der Waals surface area contributed by atoms with Crippen LogP contribution in [0.25, 0.3) is 11.0 Å². The maximum Gasteiger partial charge on any atom is 0.490 e. The Bertz CT molecular complexity index is 1240. The molecule has 1 aliphatic carbocycles. The Morgan fingerprint density at radius 2 is 1.50 bits per heavy atom. The van der Waals surface area contributed by atoms with Crippen LogP contribution in [0.15, 0.2) is 53.0 Å². The second-order valence-electron chi connectivity index (χ2n) is 8.39. The van der Waals surface area contributed by atoms with Gasteiger partial charge in [-0.15, -0.1) is 0 Å². The van der Waals surface area contributed by atoms with Crippen LogP contribution in [-0.4, -0.2) is 70.2 Å². The number of hydrogen-bond acceptors (Lipinski definition) is 6. The molecule has 2 aromatic carbocycles. The zero-order valence-corrected chi connectivity index (χ0v) is 20.6. The van der Waals surface area contributed by atoms with Gasteiger partial charge in [0.05, 0.1) is 11.0 Å². The highest BCUT2D eigenvalue weighted by Crippen LogP contribution is 2.31. The van der Waals surface area contributed by atoms with Gasteiger partial charge in [-0.05, 0) is 49.2 Å². The lowest BCUT2D eigenvalue weighted by atomic mass is 10.2. The minimum absolute atomic E-state index is 0.0816. The van der Waals surface area contributed by atoms with E-state index in [0.29, 0.717) is 19.1 Å². The van der Waals surface area contributed by atoms with Crippen LogP contribution >= 0.6 is 15.9 Å². The van der Waals surface area contributed by atoms with Gasteiger partial charge in [-0.1, -0.05) is 28.1 Å². The van der Waals surface area contributed by atoms with Gasteiger partial charge in [0.2, 0.25) is 0 Å². The van der Waals surface area contributed by atoms with Crippen molar-refractivity contribution in [1.29, 1.82) is 0 Å². The van der Waals surface area contributed by atoms with Crippen LogP contribution in [0.4, 0.5) is 24.8 Å². The van der Waals surface area contributed by atoms with E-state index in [1.165, 1.54) is 12.8 Å². The molecule has 2 aliphatic rings. The average Bonchev–Trinajstić information content (AvgIpc) is 3.68. The highest BCUT2D eigenvalue weighted by atomic mass is 79.9. The van der Waals surface area contributed by atoms with Crippen LogP contribution in [0, 0.1) is 0 Å². The SMILES string of the molecule is O=C(O)C(F)(F)F.O=C(c1ccc(Br)cc1)N1CCN(c2nc3ccccc3nc2NC2CC2)CC1. The van der Waals surface area contributed by atoms with Crippen LogP contribution in [0.5, 0.6) is 0 Å². The number of anilines is 2. The van der Waals surface area contributed by atoms with E-state index in [9.17, 15) is 18.0 Å². The molecule has 1 aromatic heterocycles. The van der Waals surface area contributed by atoms with Crippen molar-refractivity contribution < 1.29 is 27.9 Å². The molecule has 8 nitrogen and oxygen atoms in total. The van der Waals surface area contributed by atoms with Gasteiger partial charge >= 0.3 is 12.1 Å². The number of carboxylic acids is 1. The molecule has 2 fully saturated rings. The molecular weight excluding hydrogens is 543 g/mol. The summed E-state index contributed by atoms with van der Waals surface area (Å²) in [6.07, 6.45) is -2.72. The largest absolute Gasteiger partial charge is 0.490 e. The molecule has 3 aromatic rings. The minimum Gasteiger partial charge on any atom is -0.475 e. The normalized spacial score (nSPS) is 15.8. The van der Waals surface area contributed by atoms with Crippen LogP contribution < -0.4 is 10.2 Å². The van der Waals surface area contributed by atoms with Crippen molar-refractivity contribution in [2.24, 2.45) is 0 Å². The number of hydrogen-bond donors (Lipinski definition) is 2. The number of halogens is 4. The highest BCUT2D eigenvalue weighted by molar-refractivity contribution is 9.10. The summed E-state index contributed by atoms with van der Waals surface area (Å²) in [6.45, 7) is 2.84. The average molecular weight is 566 g/mol. The Hall–Kier alpha value is -3.41. The molecule has 190 valence electrons. The molecule has 12 heteroatoms. The number of fused-ring (bicyclic) bond motifs is 1. The number of benzene rings is 2. The van der Waals surface area contributed by atoms with E-state index in [4.69, 9.17) is 19.9 Å². The van der Waals surface area contributed by atoms with Crippen LogP contribution in [0.2, 0.25) is 0 Å². The quantitative estimate of drug-likeness (QED) is 0.478. The van der Waals surface area contributed by atoms with Crippen molar-refractivity contribution in [2.45, 2.75) is 25.1 Å². The Balaban J connectivity index is 0.000000384. The Morgan fingerprint density at radius 1 is 0.944 bits per heavy atom. The van der Waals surface area contributed by atoms with Crippen LogP contribution in [0.3, 0.4) is 0 Å². The molecule has 1 saturated heterocycles. The van der Waals surface area contributed by atoms with Gasteiger partial charge in [0.15, 0.2) is 11.6 Å². The summed E-state index contributed by atoms with van der Waals surface area (Å²) in [5, 5.41) is 10.7. The monoisotopic (exact) mass is 565 g/mol. The van der Waals surface area contributed by atoms with Crippen molar-refractivity contribution in [3.63, 3.8) is 0 Å². The smallest absolute Gasteiger partial charge is 0.475 e. The van der Waals surface area contributed by atoms with Gasteiger partial charge in [-0.25, -0.2) is 14.8 Å². The third-order valence-electron chi connectivity index (χ3n) is 5.67. The maximum absolute atomic E-state index is 12.8. The van der Waals surface area contributed by atoms with Crippen molar-refractivity contribution in [1.82, 2.24) is 14.9 Å². The summed E-state index contributed by atoms with van der Waals surface area (Å²) in [7, 11) is 0. The summed E-state index contributed by atoms with van der Waals surface area (Å²) in [6, 6.07) is 16.0. The first-order valence-electron chi connectivity index (χ1n) is 11.2. The number of alkyl halides is 3. The molecule has 1 saturated carbocycles. The predicted octanol–water partition coefficient (Wildman–Crippen LogP) is 4.56. The van der Waals surface area contributed by atoms with Crippen LogP contribution in [0.1, 0.15) is 23.2 Å². The first-order valence-corrected chi connectivity index (χ1v) is 12.0. The van der Waals surface area contributed by atoms with Gasteiger partial charge in [-0.3, -0.25) is 4.79 Å². The number of para-hydroxylation sites is 2. The molecule has 2 N–H and O–H groups in total. The number of rotatable bonds is 4. The van der Waals surface area contributed by atoms with Crippen LogP contribution in [-0.2, 0) is 4.79 Å². The van der Waals surface area contributed by atoms with E-state index in [1.807, 2.05) is 53.4 Å². The number of aliphatic carboxylic acids is 1. The van der Waals surface area contributed by atoms with Crippen molar-refractivity contribution >= 4 is 50.5 Å². The molecule has 0 radical (unpaired) electrons. The summed E-state index contributed by atoms with van der Waals surface area (Å²) < 4.78 is 32.7. The second-order valence-corrected chi connectivity index (χ2v) is 9.31. The van der Waals surface area contributed by atoms with E-state index in [0.717, 1.165) is 45.8 Å². The zero-order valence-electron chi connectivity index (χ0n) is 19.0. The fourth-order valence-electron chi connectivity index (χ4n) is 3.63. The summed E-state index contributed by atoms with van der Waals surface area (Å²) in [5.41, 5.74) is 2.53. The molecule has 1 aliphatic heterocycles. The van der Waals surface area contributed by atoms with Gasteiger partial charge < -0.3 is 20.2 Å². The maximum atomic E-state index is 12.8. The third-order valence-corrected chi connectivity index (χ3v) is 6.20. The van der Waals surface area contributed by atoms with E-state index in [-0.39, 0.29) is 5.91 Å². The van der Waals surface area contributed by atoms with Crippen molar-refractivity contribution in [3.8, 4) is 0 Å². The number of carbonyl (C=O) groups excluding carboxylic acids is 1. The van der Waals surface area contributed by atoms with Gasteiger partial charge in [0.1, 0.15) is 0 Å². The zero-order chi connectivity index (χ0) is 25.9. The lowest BCUT2D eigenvalue weighted by Gasteiger charge is -2.36. The Morgan fingerprint density at radius 3 is 2.03 bits per heavy atom. The Labute approximate surface area is 213 Å². The number of nitrogens with one attached hydrogen (secondary N) is 1. The fraction of sp³-hybridized carbons (Fsp3) is 0.333. The molecular formula is C24H23BrF3N5O3. The number of carbonyl (C=O) groups is 2. The number of nitrogens with zero attached hydrogens (tertiary/aromatic N) is 4. The molecule has 2 heterocycles. The first-order chi connectivity index (χ1) is 17.1. The third kappa shape index (κ3) is 6.42. The number of piperazine rings is 1. The topological polar surface area (TPSA) is 98.7 Å². The van der Waals surface area contributed by atoms with Crippen molar-refractivity contribution in [2.75, 3.05) is 36.4 Å². The molecule has 1 amide bonds. The predicted molar refractivity (Wildman–Crippen MR) is 132 cm³/mol. The van der Waals surface area contributed by atoms with Crippen molar-refractivity contribution in [3.05, 3.63) is 58.6 Å². The number of aromatic nitrogens is 2. The molecule has 36 heavy (non-hydrogen) atoms. The summed E-state index contributed by atoms with van der Waals surface area (Å²) in [4.78, 5) is 35.6. The molecule has 0 bridgehead atoms. The minimum atomic E-state index is -5.08. The lowest BCUT2D eigenvalue weighted by molar-refractivity contribution is -0.192. The summed E-state index contributed by atoms with van der Waals surface area (Å²) >= 11 is 3.42. The summed E-state index contributed by atoms with van der Waals surface area (Å²) in [5.74, 6) is -0.921. The van der Waals surface area contributed by atoms with E-state index in [2.05, 4.69) is 26.1 Å². The standard InChI is InChI=1S/C22H22BrN5O.C2HF3O2/c23-16-7-5-15(6-8-16)22(29)28-13-11-27(12-14-28)21-20(24-17-9-10-17)25-18-3-1-2-4-19(18)26-21;3-2(4,5)1(6)7/h1-8,17H,9-14H2,(H,24,25);(H,6,7). The lowest BCUT2D eigenvalue weighted by Crippen LogP contribution is -2.49. The van der Waals surface area contributed by atoms with Gasteiger partial charge in [-0.2, -0.15) is 13.2 Å². The second kappa shape index (κ2) is 10.7. The number of carboxylic acid groups (broad SMARTS) is 1. The van der Waals surface area contributed by atoms with E-state index < -0.39 is 12.1 Å². The fourth-order valence-corrected chi connectivity index (χ4v) is 3.89. The van der Waals surface area contributed by atoms with E-state index in [1.54, 1.807) is 0 Å². The molecule has 5 rings (SSSR count). The molecule has 0 atom stereocenters. The molecule has 0 spiro atoms. The Kier molecular flexibility index (Phi) is 7.62. The first kappa shape index (κ1) is 25.7.